The van der Waals surface area contributed by atoms with Gasteiger partial charge < -0.3 is 24.5 Å². The molecule has 10 heteroatoms. The molecule has 2 N–H and O–H groups in total. The maximum atomic E-state index is 14.1. The lowest BCUT2D eigenvalue weighted by Gasteiger charge is -2.22. The zero-order valence-corrected chi connectivity index (χ0v) is 19.6. The molecular formula is C26H24F3N3O4. The Bertz CT molecular complexity index is 1470. The van der Waals surface area contributed by atoms with Crippen molar-refractivity contribution in [2.24, 2.45) is 0 Å². The zero-order valence-electron chi connectivity index (χ0n) is 19.6. The van der Waals surface area contributed by atoms with E-state index in [0.717, 1.165) is 10.6 Å². The molecule has 0 radical (unpaired) electrons. The summed E-state index contributed by atoms with van der Waals surface area (Å²) in [7, 11) is 3.00. The first-order chi connectivity index (χ1) is 17.2. The normalized spacial score (nSPS) is 16.1. The summed E-state index contributed by atoms with van der Waals surface area (Å²) in [5.41, 5.74) is -0.0398. The molecule has 0 saturated carbocycles. The number of aliphatic hydroxyl groups excluding tert-OH is 1. The molecule has 0 unspecified atom stereocenters. The zero-order chi connectivity index (χ0) is 25.6. The van der Waals surface area contributed by atoms with Gasteiger partial charge in [0, 0.05) is 48.2 Å². The Morgan fingerprint density at radius 1 is 1.06 bits per heavy atom. The lowest BCUT2D eigenvalue weighted by molar-refractivity contribution is -0.137. The number of aromatic nitrogens is 2. The number of hydrogen-bond acceptors (Lipinski definition) is 5. The minimum Gasteiger partial charge on any atom is -0.497 e. The third kappa shape index (κ3) is 4.17. The molecular weight excluding hydrogens is 475 g/mol. The summed E-state index contributed by atoms with van der Waals surface area (Å²) < 4.78 is 54.1. The number of fused-ring (bicyclic) bond motifs is 1. The van der Waals surface area contributed by atoms with Crippen LogP contribution in [-0.2, 0) is 6.18 Å². The molecule has 0 aliphatic carbocycles. The van der Waals surface area contributed by atoms with Crippen LogP contribution in [0.25, 0.3) is 27.7 Å². The highest BCUT2D eigenvalue weighted by molar-refractivity contribution is 5.95. The highest BCUT2D eigenvalue weighted by atomic mass is 19.4. The molecule has 1 fully saturated rings. The van der Waals surface area contributed by atoms with E-state index >= 15 is 0 Å². The molecule has 0 amide bonds. The van der Waals surface area contributed by atoms with E-state index in [1.54, 1.807) is 35.4 Å². The third-order valence-corrected chi connectivity index (χ3v) is 6.47. The van der Waals surface area contributed by atoms with E-state index in [0.29, 0.717) is 53.2 Å². The Morgan fingerprint density at radius 3 is 2.39 bits per heavy atom. The van der Waals surface area contributed by atoms with Gasteiger partial charge in [-0.2, -0.15) is 13.2 Å². The molecule has 188 valence electrons. The largest absolute Gasteiger partial charge is 0.497 e. The van der Waals surface area contributed by atoms with Crippen LogP contribution in [0.4, 0.5) is 18.9 Å². The third-order valence-electron chi connectivity index (χ3n) is 6.47. The van der Waals surface area contributed by atoms with E-state index in [-0.39, 0.29) is 11.2 Å². The average molecular weight is 499 g/mol. The van der Waals surface area contributed by atoms with Crippen molar-refractivity contribution < 1.29 is 27.8 Å². The molecule has 0 spiro atoms. The number of aromatic amines is 1. The van der Waals surface area contributed by atoms with Crippen LogP contribution < -0.4 is 19.9 Å². The van der Waals surface area contributed by atoms with Gasteiger partial charge in [-0.25, -0.2) is 0 Å². The number of halogens is 3. The topological polar surface area (TPSA) is 79.7 Å². The molecule has 2 aromatic carbocycles. The lowest BCUT2D eigenvalue weighted by atomic mass is 10.0. The first-order valence-corrected chi connectivity index (χ1v) is 11.3. The minimum absolute atomic E-state index is 0.171. The molecule has 3 heterocycles. The molecule has 4 aromatic rings. The number of nitrogens with one attached hydrogen (secondary N) is 1. The second kappa shape index (κ2) is 8.94. The summed E-state index contributed by atoms with van der Waals surface area (Å²) in [6.07, 6.45) is -1.73. The van der Waals surface area contributed by atoms with Crippen LogP contribution in [0.2, 0.25) is 0 Å². The van der Waals surface area contributed by atoms with Gasteiger partial charge in [-0.3, -0.25) is 9.36 Å². The van der Waals surface area contributed by atoms with Crippen molar-refractivity contribution in [2.45, 2.75) is 18.7 Å². The first-order valence-electron chi connectivity index (χ1n) is 11.3. The minimum atomic E-state index is -4.69. The number of ether oxygens (including phenoxy) is 2. The molecule has 5 rings (SSSR count). The molecule has 7 nitrogen and oxygen atoms in total. The van der Waals surface area contributed by atoms with Crippen molar-refractivity contribution in [1.29, 1.82) is 0 Å². The summed E-state index contributed by atoms with van der Waals surface area (Å²) in [5.74, 6) is 0.993. The van der Waals surface area contributed by atoms with Gasteiger partial charge in [0.2, 0.25) is 0 Å². The van der Waals surface area contributed by atoms with Crippen molar-refractivity contribution in [3.63, 3.8) is 0 Å². The SMILES string of the molecule is COc1cc(OC)cc(-c2cn(-c3cc(N4CC[C@H](O)C4)ccc3C(F)(F)F)c(=O)c3[nH]ccc23)c1. The Kier molecular flexibility index (Phi) is 5.91. The van der Waals surface area contributed by atoms with Crippen LogP contribution in [-0.4, -0.2) is 48.1 Å². The number of alkyl halides is 3. The first kappa shape index (κ1) is 23.8. The van der Waals surface area contributed by atoms with E-state index in [9.17, 15) is 23.1 Å². The summed E-state index contributed by atoms with van der Waals surface area (Å²) >= 11 is 0. The van der Waals surface area contributed by atoms with Gasteiger partial charge in [0.05, 0.1) is 31.6 Å². The van der Waals surface area contributed by atoms with Crippen molar-refractivity contribution in [2.75, 3.05) is 32.2 Å². The van der Waals surface area contributed by atoms with Crippen LogP contribution in [0, 0.1) is 0 Å². The van der Waals surface area contributed by atoms with Crippen molar-refractivity contribution in [1.82, 2.24) is 9.55 Å². The number of nitrogens with zero attached hydrogens (tertiary/aromatic N) is 2. The van der Waals surface area contributed by atoms with Crippen molar-refractivity contribution >= 4 is 16.6 Å². The number of benzene rings is 2. The summed E-state index contributed by atoms with van der Waals surface area (Å²) in [5, 5.41) is 10.5. The van der Waals surface area contributed by atoms with E-state index < -0.39 is 23.4 Å². The van der Waals surface area contributed by atoms with E-state index in [4.69, 9.17) is 9.47 Å². The van der Waals surface area contributed by atoms with Crippen molar-refractivity contribution in [3.05, 3.63) is 70.8 Å². The molecule has 1 atom stereocenters. The van der Waals surface area contributed by atoms with Gasteiger partial charge in [0.15, 0.2) is 0 Å². The smallest absolute Gasteiger partial charge is 0.418 e. The number of pyridine rings is 1. The van der Waals surface area contributed by atoms with E-state index in [1.165, 1.54) is 32.5 Å². The molecule has 1 aliphatic rings. The Hall–Kier alpha value is -3.92. The predicted molar refractivity (Wildman–Crippen MR) is 130 cm³/mol. The maximum absolute atomic E-state index is 14.1. The number of rotatable bonds is 5. The number of aliphatic hydroxyl groups is 1. The number of H-pyrrole nitrogens is 1. The molecule has 36 heavy (non-hydrogen) atoms. The summed E-state index contributed by atoms with van der Waals surface area (Å²) in [6, 6.07) is 10.6. The van der Waals surface area contributed by atoms with Gasteiger partial charge >= 0.3 is 6.18 Å². The Balaban J connectivity index is 1.78. The van der Waals surface area contributed by atoms with Gasteiger partial charge in [0.1, 0.15) is 17.0 Å². The average Bonchev–Trinajstić information content (AvgIpc) is 3.53. The maximum Gasteiger partial charge on any atom is 0.418 e. The monoisotopic (exact) mass is 499 g/mol. The van der Waals surface area contributed by atoms with Gasteiger partial charge in [0.25, 0.3) is 5.56 Å². The fraction of sp³-hybridized carbons (Fsp3) is 0.269. The summed E-state index contributed by atoms with van der Waals surface area (Å²) in [4.78, 5) is 18.1. The number of methoxy groups -OCH3 is 2. The Morgan fingerprint density at radius 2 is 1.78 bits per heavy atom. The van der Waals surface area contributed by atoms with Crippen LogP contribution in [0.1, 0.15) is 12.0 Å². The fourth-order valence-corrected chi connectivity index (χ4v) is 4.65. The second-order valence-corrected chi connectivity index (χ2v) is 8.67. The number of hydrogen-bond donors (Lipinski definition) is 2. The van der Waals surface area contributed by atoms with Crippen LogP contribution in [0.3, 0.4) is 0 Å². The molecule has 1 saturated heterocycles. The van der Waals surface area contributed by atoms with Crippen LogP contribution in [0.5, 0.6) is 11.5 Å². The van der Waals surface area contributed by atoms with Crippen molar-refractivity contribution in [3.8, 4) is 28.3 Å². The second-order valence-electron chi connectivity index (χ2n) is 8.67. The lowest BCUT2D eigenvalue weighted by Crippen LogP contribution is -2.24. The van der Waals surface area contributed by atoms with E-state index in [2.05, 4.69) is 4.98 Å². The number of β-amino-alcohol motifs (C(OH)–C–C–N with tert-alkyl or cyclic N) is 1. The van der Waals surface area contributed by atoms with E-state index in [1.807, 2.05) is 0 Å². The van der Waals surface area contributed by atoms with Gasteiger partial charge in [-0.05, 0) is 48.4 Å². The molecule has 1 aliphatic heterocycles. The molecule has 2 aromatic heterocycles. The quantitative estimate of drug-likeness (QED) is 0.420. The van der Waals surface area contributed by atoms with Crippen LogP contribution >= 0.6 is 0 Å². The predicted octanol–water partition coefficient (Wildman–Crippen LogP) is 4.59. The highest BCUT2D eigenvalue weighted by Gasteiger charge is 2.35. The van der Waals surface area contributed by atoms with Gasteiger partial charge in [-0.15, -0.1) is 0 Å². The summed E-state index contributed by atoms with van der Waals surface area (Å²) in [6.45, 7) is 0.815. The highest BCUT2D eigenvalue weighted by Crippen LogP contribution is 2.38. The van der Waals surface area contributed by atoms with Gasteiger partial charge in [-0.1, -0.05) is 0 Å². The molecule has 0 bridgehead atoms. The fourth-order valence-electron chi connectivity index (χ4n) is 4.65. The van der Waals surface area contributed by atoms with Crippen LogP contribution in [0.15, 0.2) is 59.7 Å². The standard InChI is InChI=1S/C26H24F3N3O4/c1-35-18-9-15(10-19(12-18)36-2)21-14-32(25(34)24-20(21)5-7-30-24)23-11-16(31-8-6-17(33)13-31)3-4-22(23)26(27,28)29/h3-5,7,9-12,14,17,30,33H,6,8,13H2,1-2H3/t17-/m0/s1. The Labute approximate surface area is 204 Å². The number of anilines is 1.